The van der Waals surface area contributed by atoms with Crippen LogP contribution in [-0.4, -0.2) is 14.6 Å². The zero-order chi connectivity index (χ0) is 10.8. The molecule has 2 aromatic rings. The SMILES string of the molecule is Cc1ccc(C)n1Nc1cc(=O)[nH]cn1. The topological polar surface area (TPSA) is 62.7 Å². The van der Waals surface area contributed by atoms with Crippen LogP contribution in [0.4, 0.5) is 5.82 Å². The first-order chi connectivity index (χ1) is 7.16. The van der Waals surface area contributed by atoms with Crippen molar-refractivity contribution in [3.63, 3.8) is 0 Å². The van der Waals surface area contributed by atoms with E-state index >= 15 is 0 Å². The van der Waals surface area contributed by atoms with E-state index in [0.29, 0.717) is 5.82 Å². The van der Waals surface area contributed by atoms with Gasteiger partial charge >= 0.3 is 0 Å². The van der Waals surface area contributed by atoms with Gasteiger partial charge in [0.1, 0.15) is 0 Å². The van der Waals surface area contributed by atoms with Gasteiger partial charge in [0.15, 0.2) is 5.82 Å². The van der Waals surface area contributed by atoms with Crippen LogP contribution in [0, 0.1) is 13.8 Å². The van der Waals surface area contributed by atoms with Gasteiger partial charge in [-0.05, 0) is 26.0 Å². The third-order valence-electron chi connectivity index (χ3n) is 2.18. The smallest absolute Gasteiger partial charge is 0.252 e. The predicted octanol–water partition coefficient (Wildman–Crippen LogP) is 1.06. The zero-order valence-corrected chi connectivity index (χ0v) is 8.61. The molecule has 0 aliphatic heterocycles. The quantitative estimate of drug-likeness (QED) is 0.769. The lowest BCUT2D eigenvalue weighted by Crippen LogP contribution is -2.16. The van der Waals surface area contributed by atoms with Crippen molar-refractivity contribution in [3.8, 4) is 0 Å². The molecule has 2 N–H and O–H groups in total. The summed E-state index contributed by atoms with van der Waals surface area (Å²) >= 11 is 0. The van der Waals surface area contributed by atoms with Crippen LogP contribution >= 0.6 is 0 Å². The van der Waals surface area contributed by atoms with Crippen LogP contribution in [0.25, 0.3) is 0 Å². The first-order valence-corrected chi connectivity index (χ1v) is 4.63. The number of anilines is 1. The van der Waals surface area contributed by atoms with Gasteiger partial charge < -0.3 is 4.98 Å². The van der Waals surface area contributed by atoms with Gasteiger partial charge in [0.2, 0.25) is 0 Å². The Labute approximate surface area is 86.8 Å². The fourth-order valence-corrected chi connectivity index (χ4v) is 1.39. The molecule has 5 heteroatoms. The highest BCUT2D eigenvalue weighted by molar-refractivity contribution is 5.33. The van der Waals surface area contributed by atoms with Crippen molar-refractivity contribution in [1.29, 1.82) is 0 Å². The minimum Gasteiger partial charge on any atom is -0.313 e. The highest BCUT2D eigenvalue weighted by Crippen LogP contribution is 2.07. The molecular weight excluding hydrogens is 192 g/mol. The van der Waals surface area contributed by atoms with Crippen LogP contribution in [0.5, 0.6) is 0 Å². The van der Waals surface area contributed by atoms with Crippen molar-refractivity contribution in [1.82, 2.24) is 14.6 Å². The number of aryl methyl sites for hydroxylation is 2. The molecule has 0 saturated heterocycles. The third kappa shape index (κ3) is 1.90. The Bertz CT molecular complexity index is 507. The van der Waals surface area contributed by atoms with Crippen LogP contribution in [0.15, 0.2) is 29.3 Å². The van der Waals surface area contributed by atoms with Crippen molar-refractivity contribution < 1.29 is 0 Å². The summed E-state index contributed by atoms with van der Waals surface area (Å²) < 4.78 is 1.88. The van der Waals surface area contributed by atoms with Crippen LogP contribution < -0.4 is 11.0 Å². The molecule has 0 fully saturated rings. The van der Waals surface area contributed by atoms with Crippen molar-refractivity contribution >= 4 is 5.82 Å². The second-order valence-electron chi connectivity index (χ2n) is 3.36. The Morgan fingerprint density at radius 2 is 2.00 bits per heavy atom. The zero-order valence-electron chi connectivity index (χ0n) is 8.61. The fourth-order valence-electron chi connectivity index (χ4n) is 1.39. The molecule has 0 atom stereocenters. The molecule has 0 aromatic carbocycles. The standard InChI is InChI=1S/C10H12N4O/c1-7-3-4-8(2)14(7)13-9-5-10(15)12-6-11-9/h3-6H,1-2H3,(H2,11,12,13,15). The summed E-state index contributed by atoms with van der Waals surface area (Å²) in [5.41, 5.74) is 5.00. The number of aromatic nitrogens is 3. The normalized spacial score (nSPS) is 10.3. The predicted molar refractivity (Wildman–Crippen MR) is 57.8 cm³/mol. The van der Waals surface area contributed by atoms with Gasteiger partial charge in [-0.3, -0.25) is 14.9 Å². The summed E-state index contributed by atoms with van der Waals surface area (Å²) in [4.78, 5) is 17.5. The van der Waals surface area contributed by atoms with Gasteiger partial charge in [-0.25, -0.2) is 4.98 Å². The number of nitrogens with zero attached hydrogens (tertiary/aromatic N) is 2. The van der Waals surface area contributed by atoms with Gasteiger partial charge in [0.05, 0.1) is 6.33 Å². The number of H-pyrrole nitrogens is 1. The van der Waals surface area contributed by atoms with Crippen LogP contribution in [0.2, 0.25) is 0 Å². The summed E-state index contributed by atoms with van der Waals surface area (Å²) in [6.07, 6.45) is 1.37. The van der Waals surface area contributed by atoms with E-state index in [0.717, 1.165) is 11.4 Å². The maximum absolute atomic E-state index is 11.0. The Kier molecular flexibility index (Phi) is 2.29. The molecule has 0 aliphatic carbocycles. The van der Waals surface area contributed by atoms with E-state index in [1.54, 1.807) is 0 Å². The van der Waals surface area contributed by atoms with E-state index in [9.17, 15) is 4.79 Å². The molecule has 5 nitrogen and oxygen atoms in total. The highest BCUT2D eigenvalue weighted by atomic mass is 16.1. The van der Waals surface area contributed by atoms with Gasteiger partial charge in [0, 0.05) is 17.5 Å². The number of hydrogen-bond acceptors (Lipinski definition) is 3. The Balaban J connectivity index is 2.33. The van der Waals surface area contributed by atoms with Gasteiger partial charge in [-0.1, -0.05) is 0 Å². The van der Waals surface area contributed by atoms with E-state index in [1.165, 1.54) is 12.4 Å². The Morgan fingerprint density at radius 1 is 1.33 bits per heavy atom. The largest absolute Gasteiger partial charge is 0.313 e. The third-order valence-corrected chi connectivity index (χ3v) is 2.18. The Morgan fingerprint density at radius 3 is 2.60 bits per heavy atom. The lowest BCUT2D eigenvalue weighted by atomic mass is 10.5. The Hall–Kier alpha value is -2.04. The van der Waals surface area contributed by atoms with Gasteiger partial charge in [0.25, 0.3) is 5.56 Å². The van der Waals surface area contributed by atoms with Gasteiger partial charge in [-0.15, -0.1) is 0 Å². The average Bonchev–Trinajstić information content (AvgIpc) is 2.50. The summed E-state index contributed by atoms with van der Waals surface area (Å²) in [7, 11) is 0. The van der Waals surface area contributed by atoms with E-state index < -0.39 is 0 Å². The molecule has 0 radical (unpaired) electrons. The molecule has 0 unspecified atom stereocenters. The first-order valence-electron chi connectivity index (χ1n) is 4.63. The molecule has 2 aromatic heterocycles. The fraction of sp³-hybridized carbons (Fsp3) is 0.200. The lowest BCUT2D eigenvalue weighted by Gasteiger charge is -2.10. The molecule has 0 bridgehead atoms. The molecule has 0 spiro atoms. The second kappa shape index (κ2) is 3.61. The monoisotopic (exact) mass is 204 g/mol. The lowest BCUT2D eigenvalue weighted by molar-refractivity contribution is 0.866. The van der Waals surface area contributed by atoms with E-state index in [1.807, 2.05) is 30.7 Å². The summed E-state index contributed by atoms with van der Waals surface area (Å²) in [5.74, 6) is 0.529. The molecular formula is C10H12N4O. The number of hydrogen-bond donors (Lipinski definition) is 2. The van der Waals surface area contributed by atoms with Crippen molar-refractivity contribution in [2.75, 3.05) is 5.43 Å². The first kappa shape index (κ1) is 9.51. The van der Waals surface area contributed by atoms with Crippen LogP contribution in [0.3, 0.4) is 0 Å². The molecule has 0 aliphatic rings. The maximum atomic E-state index is 11.0. The average molecular weight is 204 g/mol. The minimum atomic E-state index is -0.171. The van der Waals surface area contributed by atoms with E-state index in [-0.39, 0.29) is 5.56 Å². The van der Waals surface area contributed by atoms with Crippen LogP contribution in [-0.2, 0) is 0 Å². The summed E-state index contributed by atoms with van der Waals surface area (Å²) in [5, 5.41) is 0. The summed E-state index contributed by atoms with van der Waals surface area (Å²) in [6, 6.07) is 5.41. The molecule has 15 heavy (non-hydrogen) atoms. The summed E-state index contributed by atoms with van der Waals surface area (Å²) in [6.45, 7) is 3.96. The number of nitrogens with one attached hydrogen (secondary N) is 2. The molecule has 78 valence electrons. The highest BCUT2D eigenvalue weighted by Gasteiger charge is 2.01. The maximum Gasteiger partial charge on any atom is 0.252 e. The van der Waals surface area contributed by atoms with Crippen molar-refractivity contribution in [3.05, 3.63) is 46.3 Å². The number of aromatic amines is 1. The molecule has 0 saturated carbocycles. The molecule has 2 heterocycles. The van der Waals surface area contributed by atoms with Crippen LogP contribution in [0.1, 0.15) is 11.4 Å². The minimum absolute atomic E-state index is 0.171. The molecule has 2 rings (SSSR count). The van der Waals surface area contributed by atoms with E-state index in [4.69, 9.17) is 0 Å². The van der Waals surface area contributed by atoms with Gasteiger partial charge in [-0.2, -0.15) is 0 Å². The van der Waals surface area contributed by atoms with E-state index in [2.05, 4.69) is 15.4 Å². The van der Waals surface area contributed by atoms with Crippen molar-refractivity contribution in [2.24, 2.45) is 0 Å². The molecule has 0 amide bonds. The number of rotatable bonds is 2. The van der Waals surface area contributed by atoms with Crippen molar-refractivity contribution in [2.45, 2.75) is 13.8 Å². The second-order valence-corrected chi connectivity index (χ2v) is 3.36.